The van der Waals surface area contributed by atoms with Crippen LogP contribution < -0.4 is 15.0 Å². The van der Waals surface area contributed by atoms with Crippen molar-refractivity contribution < 1.29 is 14.3 Å². The van der Waals surface area contributed by atoms with Gasteiger partial charge >= 0.3 is 0 Å². The van der Waals surface area contributed by atoms with Gasteiger partial charge in [-0.2, -0.15) is 0 Å². The Balaban J connectivity index is 1.88. The quantitative estimate of drug-likeness (QED) is 0.805. The first-order valence-electron chi connectivity index (χ1n) is 7.81. The van der Waals surface area contributed by atoms with E-state index < -0.39 is 6.10 Å². The molecule has 0 saturated carbocycles. The molecule has 2 aromatic carbocycles. The van der Waals surface area contributed by atoms with Gasteiger partial charge in [0.1, 0.15) is 5.75 Å². The van der Waals surface area contributed by atoms with E-state index >= 15 is 0 Å². The minimum absolute atomic E-state index is 0.163. The largest absolute Gasteiger partial charge is 0.477 e. The van der Waals surface area contributed by atoms with Crippen molar-refractivity contribution >= 4 is 39.5 Å². The van der Waals surface area contributed by atoms with E-state index in [1.807, 2.05) is 36.4 Å². The first-order valence-corrected chi connectivity index (χ1v) is 8.61. The molecule has 0 radical (unpaired) electrons. The number of ether oxygens (including phenoxy) is 1. The lowest BCUT2D eigenvalue weighted by Crippen LogP contribution is -2.49. The van der Waals surface area contributed by atoms with E-state index in [0.717, 1.165) is 10.0 Å². The molecule has 2 amide bonds. The second-order valence-electron chi connectivity index (χ2n) is 5.49. The standard InChI is InChI=1S/C19H17BrN2O3/c1-21-19(24)17-12-22(15-8-4-5-9-16(15)25-17)18(23)11-10-13-6-2-3-7-14(13)20/h2-11,17H,12H2,1H3,(H,21,24)/b11-10+/t17-/m1/s1. The van der Waals surface area contributed by atoms with Crippen molar-refractivity contribution in [1.82, 2.24) is 5.32 Å². The molecule has 0 saturated heterocycles. The molecule has 2 aromatic rings. The number of amides is 2. The van der Waals surface area contributed by atoms with Crippen molar-refractivity contribution in [2.45, 2.75) is 6.10 Å². The molecule has 0 spiro atoms. The van der Waals surface area contributed by atoms with Crippen LogP contribution in [-0.4, -0.2) is 31.5 Å². The molecule has 0 aromatic heterocycles. The minimum atomic E-state index is -0.735. The van der Waals surface area contributed by atoms with E-state index in [0.29, 0.717) is 11.4 Å². The van der Waals surface area contributed by atoms with E-state index in [2.05, 4.69) is 21.2 Å². The average molecular weight is 401 g/mol. The molecule has 1 atom stereocenters. The fourth-order valence-electron chi connectivity index (χ4n) is 2.60. The maximum atomic E-state index is 12.7. The molecule has 1 N–H and O–H groups in total. The summed E-state index contributed by atoms with van der Waals surface area (Å²) in [5.74, 6) is 0.0486. The monoisotopic (exact) mass is 400 g/mol. The van der Waals surface area contributed by atoms with Crippen molar-refractivity contribution in [3.63, 3.8) is 0 Å². The van der Waals surface area contributed by atoms with Crippen LogP contribution in [0.25, 0.3) is 6.08 Å². The van der Waals surface area contributed by atoms with Gasteiger partial charge in [-0.25, -0.2) is 0 Å². The predicted molar refractivity (Wildman–Crippen MR) is 100 cm³/mol. The highest BCUT2D eigenvalue weighted by atomic mass is 79.9. The third-order valence-electron chi connectivity index (χ3n) is 3.89. The van der Waals surface area contributed by atoms with Crippen molar-refractivity contribution in [3.8, 4) is 5.75 Å². The summed E-state index contributed by atoms with van der Waals surface area (Å²) in [6.45, 7) is 0.163. The van der Waals surface area contributed by atoms with Gasteiger partial charge in [0, 0.05) is 17.6 Å². The number of benzene rings is 2. The highest BCUT2D eigenvalue weighted by Gasteiger charge is 2.32. The molecule has 5 nitrogen and oxygen atoms in total. The Morgan fingerprint density at radius 3 is 2.68 bits per heavy atom. The zero-order valence-corrected chi connectivity index (χ0v) is 15.2. The SMILES string of the molecule is CNC(=O)[C@H]1CN(C(=O)/C=C/c2ccccc2Br)c2ccccc2O1. The maximum Gasteiger partial charge on any atom is 0.262 e. The van der Waals surface area contributed by atoms with E-state index in [1.165, 1.54) is 6.08 Å². The van der Waals surface area contributed by atoms with Gasteiger partial charge < -0.3 is 15.0 Å². The second-order valence-corrected chi connectivity index (χ2v) is 6.35. The number of nitrogens with zero attached hydrogens (tertiary/aromatic N) is 1. The summed E-state index contributed by atoms with van der Waals surface area (Å²) in [4.78, 5) is 26.3. The predicted octanol–water partition coefficient (Wildman–Crippen LogP) is 3.00. The van der Waals surface area contributed by atoms with Crippen molar-refractivity contribution in [2.24, 2.45) is 0 Å². The average Bonchev–Trinajstić information content (AvgIpc) is 2.65. The van der Waals surface area contributed by atoms with Gasteiger partial charge in [-0.3, -0.25) is 9.59 Å². The van der Waals surface area contributed by atoms with Crippen LogP contribution >= 0.6 is 15.9 Å². The first kappa shape index (κ1) is 17.2. The molecule has 6 heteroatoms. The molecule has 25 heavy (non-hydrogen) atoms. The van der Waals surface area contributed by atoms with Crippen LogP contribution in [0.3, 0.4) is 0 Å². The molecule has 0 aliphatic carbocycles. The van der Waals surface area contributed by atoms with Gasteiger partial charge in [-0.05, 0) is 29.8 Å². The summed E-state index contributed by atoms with van der Waals surface area (Å²) in [6, 6.07) is 14.8. The van der Waals surface area contributed by atoms with Crippen molar-refractivity contribution in [2.75, 3.05) is 18.5 Å². The molecular weight excluding hydrogens is 384 g/mol. The van der Waals surface area contributed by atoms with Crippen LogP contribution in [0.5, 0.6) is 5.75 Å². The number of halogens is 1. The van der Waals surface area contributed by atoms with Gasteiger partial charge in [-0.1, -0.05) is 46.3 Å². The van der Waals surface area contributed by atoms with E-state index in [9.17, 15) is 9.59 Å². The summed E-state index contributed by atoms with van der Waals surface area (Å²) < 4.78 is 6.62. The van der Waals surface area contributed by atoms with Crippen LogP contribution in [0.15, 0.2) is 59.1 Å². The maximum absolute atomic E-state index is 12.7. The number of para-hydroxylation sites is 2. The number of rotatable bonds is 3. The minimum Gasteiger partial charge on any atom is -0.477 e. The number of fused-ring (bicyclic) bond motifs is 1. The topological polar surface area (TPSA) is 58.6 Å². The number of carbonyl (C=O) groups excluding carboxylic acids is 2. The van der Waals surface area contributed by atoms with E-state index in [4.69, 9.17) is 4.74 Å². The highest BCUT2D eigenvalue weighted by Crippen LogP contribution is 2.33. The third-order valence-corrected chi connectivity index (χ3v) is 4.61. The Hall–Kier alpha value is -2.60. The molecule has 1 heterocycles. The molecule has 0 unspecified atom stereocenters. The van der Waals surface area contributed by atoms with Crippen molar-refractivity contribution in [3.05, 3.63) is 64.6 Å². The van der Waals surface area contributed by atoms with Gasteiger partial charge in [0.2, 0.25) is 0 Å². The van der Waals surface area contributed by atoms with Gasteiger partial charge in [0.15, 0.2) is 6.10 Å². The van der Waals surface area contributed by atoms with E-state index in [1.54, 1.807) is 30.2 Å². The Kier molecular flexibility index (Phi) is 5.19. The molecule has 3 rings (SSSR count). The van der Waals surface area contributed by atoms with Gasteiger partial charge in [0.25, 0.3) is 11.8 Å². The number of anilines is 1. The summed E-state index contributed by atoms with van der Waals surface area (Å²) >= 11 is 3.46. The van der Waals surface area contributed by atoms with Gasteiger partial charge in [-0.15, -0.1) is 0 Å². The summed E-state index contributed by atoms with van der Waals surface area (Å²) in [5, 5.41) is 2.56. The molecule has 0 bridgehead atoms. The van der Waals surface area contributed by atoms with Crippen LogP contribution in [0.2, 0.25) is 0 Å². The number of likely N-dealkylation sites (N-methyl/N-ethyl adjacent to an activating group) is 1. The Bertz CT molecular complexity index is 835. The Morgan fingerprint density at radius 2 is 1.92 bits per heavy atom. The molecule has 128 valence electrons. The van der Waals surface area contributed by atoms with Crippen molar-refractivity contribution in [1.29, 1.82) is 0 Å². The third kappa shape index (κ3) is 3.74. The lowest BCUT2D eigenvalue weighted by Gasteiger charge is -2.33. The molecule has 1 aliphatic rings. The van der Waals surface area contributed by atoms with Crippen LogP contribution in [-0.2, 0) is 9.59 Å². The Labute approximate surface area is 154 Å². The van der Waals surface area contributed by atoms with Crippen LogP contribution in [0.1, 0.15) is 5.56 Å². The Morgan fingerprint density at radius 1 is 1.20 bits per heavy atom. The molecule has 1 aliphatic heterocycles. The van der Waals surface area contributed by atoms with E-state index in [-0.39, 0.29) is 18.4 Å². The van der Waals surface area contributed by atoms with Gasteiger partial charge in [0.05, 0.1) is 12.2 Å². The van der Waals surface area contributed by atoms with Crippen LogP contribution in [0, 0.1) is 0 Å². The lowest BCUT2D eigenvalue weighted by atomic mass is 10.1. The zero-order valence-electron chi connectivity index (χ0n) is 13.6. The first-order chi connectivity index (χ1) is 12.1. The number of nitrogens with one attached hydrogen (secondary N) is 1. The number of carbonyl (C=O) groups is 2. The number of hydrogen-bond donors (Lipinski definition) is 1. The smallest absolute Gasteiger partial charge is 0.262 e. The normalized spacial score (nSPS) is 16.2. The summed E-state index contributed by atoms with van der Waals surface area (Å²) in [5.41, 5.74) is 1.56. The van der Waals surface area contributed by atoms with Crippen LogP contribution in [0.4, 0.5) is 5.69 Å². The fraction of sp³-hybridized carbons (Fsp3) is 0.158. The summed E-state index contributed by atoms with van der Waals surface area (Å²) in [6.07, 6.45) is 2.52. The fourth-order valence-corrected chi connectivity index (χ4v) is 3.02. The molecular formula is C19H17BrN2O3. The summed E-state index contributed by atoms with van der Waals surface area (Å²) in [7, 11) is 1.55. The number of hydrogen-bond acceptors (Lipinski definition) is 3. The zero-order chi connectivity index (χ0) is 17.8. The molecule has 0 fully saturated rings. The second kappa shape index (κ2) is 7.53. The lowest BCUT2D eigenvalue weighted by molar-refractivity contribution is -0.127. The highest BCUT2D eigenvalue weighted by molar-refractivity contribution is 9.10.